The molecule has 1 N–H and O–H groups in total. The molecular weight excluding hydrogens is 250 g/mol. The number of carbonyl (C=O) groups excluding carboxylic acids is 2. The van der Waals surface area contributed by atoms with Gasteiger partial charge in [-0.15, -0.1) is 6.58 Å². The summed E-state index contributed by atoms with van der Waals surface area (Å²) >= 11 is 0. The normalized spacial score (nSPS) is 15.6. The topological polar surface area (TPSA) is 46.2 Å². The third kappa shape index (κ3) is 3.56. The van der Waals surface area contributed by atoms with Gasteiger partial charge in [0.1, 0.15) is 0 Å². The first-order chi connectivity index (χ1) is 9.72. The molecule has 0 unspecified atom stereocenters. The Hall–Kier alpha value is -1.90. The fraction of sp³-hybridized carbons (Fsp3) is 0.412. The number of benzene rings is 1. The van der Waals surface area contributed by atoms with E-state index in [4.69, 9.17) is 0 Å². The summed E-state index contributed by atoms with van der Waals surface area (Å²) in [6.45, 7) is 3.81. The quantitative estimate of drug-likeness (QED) is 0.508. The smallest absolute Gasteiger partial charge is 0.292 e. The minimum absolute atomic E-state index is 0.310. The molecule has 1 aliphatic rings. The molecule has 1 fully saturated rings. The van der Waals surface area contributed by atoms with Crippen molar-refractivity contribution >= 4 is 11.7 Å². The minimum Gasteiger partial charge on any atom is -0.346 e. The van der Waals surface area contributed by atoms with E-state index in [1.165, 1.54) is 37.7 Å². The molecule has 2 rings (SSSR count). The molecule has 3 heteroatoms. The summed E-state index contributed by atoms with van der Waals surface area (Å²) in [4.78, 5) is 23.5. The Kier molecular flexibility index (Phi) is 5.10. The van der Waals surface area contributed by atoms with Gasteiger partial charge in [0.05, 0.1) is 0 Å². The first kappa shape index (κ1) is 14.5. The van der Waals surface area contributed by atoms with Gasteiger partial charge >= 0.3 is 0 Å². The molecule has 1 amide bonds. The highest BCUT2D eigenvalue weighted by atomic mass is 16.2. The molecule has 1 aliphatic carbocycles. The monoisotopic (exact) mass is 271 g/mol. The van der Waals surface area contributed by atoms with Crippen molar-refractivity contribution in [3.8, 4) is 0 Å². The van der Waals surface area contributed by atoms with Crippen LogP contribution in [0.25, 0.3) is 0 Å². The molecule has 0 atom stereocenters. The van der Waals surface area contributed by atoms with Gasteiger partial charge in [-0.3, -0.25) is 9.59 Å². The van der Waals surface area contributed by atoms with Gasteiger partial charge in [0, 0.05) is 12.1 Å². The average molecular weight is 271 g/mol. The highest BCUT2D eigenvalue weighted by Crippen LogP contribution is 2.32. The number of Topliss-reactive ketones (excluding diaryl/α,β-unsaturated/α-hetero) is 1. The van der Waals surface area contributed by atoms with Crippen LogP contribution in [0, 0.1) is 0 Å². The van der Waals surface area contributed by atoms with E-state index in [1.807, 2.05) is 12.1 Å². The van der Waals surface area contributed by atoms with Crippen LogP contribution in [-0.2, 0) is 4.79 Å². The standard InChI is InChI=1S/C17H21NO2/c1-2-12-18-17(20)16(19)15-10-8-14(9-11-15)13-6-4-3-5-7-13/h2,8-11,13H,1,3-7,12H2,(H,18,20). The molecule has 0 spiro atoms. The lowest BCUT2D eigenvalue weighted by Gasteiger charge is -2.21. The molecule has 0 saturated heterocycles. The Balaban J connectivity index is 2.01. The zero-order valence-corrected chi connectivity index (χ0v) is 11.7. The average Bonchev–Trinajstić information content (AvgIpc) is 2.53. The Bertz CT molecular complexity index is 484. The predicted octanol–water partition coefficient (Wildman–Crippen LogP) is 3.22. The zero-order chi connectivity index (χ0) is 14.4. The van der Waals surface area contributed by atoms with Crippen LogP contribution >= 0.6 is 0 Å². The summed E-state index contributed by atoms with van der Waals surface area (Å²) in [5.41, 5.74) is 1.74. The second-order valence-electron chi connectivity index (χ2n) is 5.28. The Morgan fingerprint density at radius 1 is 1.15 bits per heavy atom. The van der Waals surface area contributed by atoms with Gasteiger partial charge in [-0.2, -0.15) is 0 Å². The first-order valence-electron chi connectivity index (χ1n) is 7.25. The zero-order valence-electron chi connectivity index (χ0n) is 11.7. The highest BCUT2D eigenvalue weighted by molar-refractivity contribution is 6.42. The van der Waals surface area contributed by atoms with Gasteiger partial charge < -0.3 is 5.32 Å². The van der Waals surface area contributed by atoms with Crippen molar-refractivity contribution in [2.24, 2.45) is 0 Å². The van der Waals surface area contributed by atoms with Crippen LogP contribution in [0.15, 0.2) is 36.9 Å². The number of carbonyl (C=O) groups is 2. The fourth-order valence-corrected chi connectivity index (χ4v) is 2.72. The van der Waals surface area contributed by atoms with E-state index in [0.717, 1.165) is 0 Å². The van der Waals surface area contributed by atoms with Crippen molar-refractivity contribution < 1.29 is 9.59 Å². The van der Waals surface area contributed by atoms with Crippen molar-refractivity contribution in [2.45, 2.75) is 38.0 Å². The van der Waals surface area contributed by atoms with Gasteiger partial charge in [-0.05, 0) is 24.3 Å². The summed E-state index contributed by atoms with van der Waals surface area (Å²) in [6.07, 6.45) is 7.92. The van der Waals surface area contributed by atoms with E-state index in [1.54, 1.807) is 18.2 Å². The van der Waals surface area contributed by atoms with E-state index in [-0.39, 0.29) is 0 Å². The molecule has 0 radical (unpaired) electrons. The van der Waals surface area contributed by atoms with Crippen molar-refractivity contribution in [1.29, 1.82) is 0 Å². The highest BCUT2D eigenvalue weighted by Gasteiger charge is 2.18. The van der Waals surface area contributed by atoms with Crippen LogP contribution in [0.3, 0.4) is 0 Å². The van der Waals surface area contributed by atoms with Gasteiger partial charge in [0.15, 0.2) is 0 Å². The van der Waals surface area contributed by atoms with Crippen molar-refractivity contribution in [2.75, 3.05) is 6.54 Å². The third-order valence-corrected chi connectivity index (χ3v) is 3.86. The lowest BCUT2D eigenvalue weighted by atomic mass is 9.84. The van der Waals surface area contributed by atoms with Crippen LogP contribution in [0.4, 0.5) is 0 Å². The van der Waals surface area contributed by atoms with Crippen molar-refractivity contribution in [3.05, 3.63) is 48.0 Å². The maximum Gasteiger partial charge on any atom is 0.292 e. The van der Waals surface area contributed by atoms with E-state index < -0.39 is 11.7 Å². The molecule has 0 aromatic heterocycles. The molecule has 0 heterocycles. The van der Waals surface area contributed by atoms with Crippen molar-refractivity contribution in [1.82, 2.24) is 5.32 Å². The van der Waals surface area contributed by atoms with E-state index in [0.29, 0.717) is 18.0 Å². The molecular formula is C17H21NO2. The summed E-state index contributed by atoms with van der Waals surface area (Å²) in [5.74, 6) is -0.445. The van der Waals surface area contributed by atoms with Crippen LogP contribution < -0.4 is 5.32 Å². The minimum atomic E-state index is -0.574. The summed E-state index contributed by atoms with van der Waals surface area (Å²) in [6, 6.07) is 7.51. The second kappa shape index (κ2) is 7.04. The molecule has 3 nitrogen and oxygen atoms in total. The van der Waals surface area contributed by atoms with Gasteiger partial charge in [-0.1, -0.05) is 49.6 Å². The molecule has 1 aromatic carbocycles. The molecule has 0 bridgehead atoms. The molecule has 106 valence electrons. The van der Waals surface area contributed by atoms with Gasteiger partial charge in [0.25, 0.3) is 5.91 Å². The Morgan fingerprint density at radius 2 is 1.80 bits per heavy atom. The third-order valence-electron chi connectivity index (χ3n) is 3.86. The summed E-state index contributed by atoms with van der Waals surface area (Å²) in [7, 11) is 0. The number of rotatable bonds is 5. The van der Waals surface area contributed by atoms with E-state index >= 15 is 0 Å². The Morgan fingerprint density at radius 3 is 2.40 bits per heavy atom. The van der Waals surface area contributed by atoms with Crippen LogP contribution in [0.2, 0.25) is 0 Å². The van der Waals surface area contributed by atoms with Gasteiger partial charge in [0.2, 0.25) is 5.78 Å². The van der Waals surface area contributed by atoms with Crippen LogP contribution in [0.5, 0.6) is 0 Å². The van der Waals surface area contributed by atoms with E-state index in [9.17, 15) is 9.59 Å². The largest absolute Gasteiger partial charge is 0.346 e. The fourth-order valence-electron chi connectivity index (χ4n) is 2.72. The van der Waals surface area contributed by atoms with Crippen LogP contribution in [-0.4, -0.2) is 18.2 Å². The molecule has 0 aliphatic heterocycles. The number of hydrogen-bond acceptors (Lipinski definition) is 2. The van der Waals surface area contributed by atoms with Gasteiger partial charge in [-0.25, -0.2) is 0 Å². The maximum atomic E-state index is 11.9. The van der Waals surface area contributed by atoms with E-state index in [2.05, 4.69) is 11.9 Å². The lowest BCUT2D eigenvalue weighted by Crippen LogP contribution is -2.31. The number of hydrogen-bond donors (Lipinski definition) is 1. The number of ketones is 1. The second-order valence-corrected chi connectivity index (χ2v) is 5.28. The molecule has 1 saturated carbocycles. The van der Waals surface area contributed by atoms with Crippen molar-refractivity contribution in [3.63, 3.8) is 0 Å². The molecule has 20 heavy (non-hydrogen) atoms. The lowest BCUT2D eigenvalue weighted by molar-refractivity contribution is -0.116. The number of nitrogens with one attached hydrogen (secondary N) is 1. The number of amides is 1. The Labute approximate surface area is 120 Å². The predicted molar refractivity (Wildman–Crippen MR) is 79.8 cm³/mol. The molecule has 1 aromatic rings. The summed E-state index contributed by atoms with van der Waals surface area (Å²) in [5, 5.41) is 2.50. The van der Waals surface area contributed by atoms with Crippen LogP contribution in [0.1, 0.15) is 53.9 Å². The maximum absolute atomic E-state index is 11.9. The SMILES string of the molecule is C=CCNC(=O)C(=O)c1ccc(C2CCCCC2)cc1. The first-order valence-corrected chi connectivity index (χ1v) is 7.25. The summed E-state index contributed by atoms with van der Waals surface area (Å²) < 4.78 is 0.